The van der Waals surface area contributed by atoms with Gasteiger partial charge in [0, 0.05) is 17.6 Å². The summed E-state index contributed by atoms with van der Waals surface area (Å²) in [5, 5.41) is 6.34. The van der Waals surface area contributed by atoms with Gasteiger partial charge in [-0.25, -0.2) is 9.97 Å². The van der Waals surface area contributed by atoms with Crippen LogP contribution in [0.5, 0.6) is 0 Å². The first-order chi connectivity index (χ1) is 9.33. The monoisotopic (exact) mass is 276 g/mol. The highest BCUT2D eigenvalue weighted by molar-refractivity contribution is 5.93. The molecule has 0 unspecified atom stereocenters. The summed E-state index contributed by atoms with van der Waals surface area (Å²) in [4.78, 5) is 20.8. The van der Waals surface area contributed by atoms with Gasteiger partial charge in [0.05, 0.1) is 0 Å². The molecular formula is C15H24N4O. The lowest BCUT2D eigenvalue weighted by atomic mass is 10.1. The Kier molecular flexibility index (Phi) is 4.26. The van der Waals surface area contributed by atoms with E-state index in [0.29, 0.717) is 23.4 Å². The Morgan fingerprint density at radius 1 is 1.25 bits per heavy atom. The van der Waals surface area contributed by atoms with E-state index < -0.39 is 0 Å². The normalized spacial score (nSPS) is 16.2. The van der Waals surface area contributed by atoms with Gasteiger partial charge in [0.25, 0.3) is 5.91 Å². The van der Waals surface area contributed by atoms with Gasteiger partial charge in [0.1, 0.15) is 17.3 Å². The Bertz CT molecular complexity index is 487. The number of amides is 1. The molecule has 0 bridgehead atoms. The standard InChI is InChI=1S/C15H24N4O/c1-10-16-12(9-13(17-10)19-15(2,3)4)14(20)18-11-7-5-6-8-11/h9,11H,5-8H2,1-4H3,(H,18,20)(H,16,17,19). The van der Waals surface area contributed by atoms with Gasteiger partial charge in [-0.15, -0.1) is 0 Å². The van der Waals surface area contributed by atoms with Crippen LogP contribution in [0, 0.1) is 6.92 Å². The first kappa shape index (κ1) is 14.8. The van der Waals surface area contributed by atoms with Crippen molar-refractivity contribution < 1.29 is 4.79 Å². The molecule has 1 aromatic heterocycles. The van der Waals surface area contributed by atoms with E-state index >= 15 is 0 Å². The number of aromatic nitrogens is 2. The zero-order chi connectivity index (χ0) is 14.8. The fraction of sp³-hybridized carbons (Fsp3) is 0.667. The Labute approximate surface area is 120 Å². The lowest BCUT2D eigenvalue weighted by molar-refractivity contribution is 0.0932. The van der Waals surface area contributed by atoms with Gasteiger partial charge in [-0.2, -0.15) is 0 Å². The molecule has 1 heterocycles. The van der Waals surface area contributed by atoms with Crippen LogP contribution in [0.15, 0.2) is 6.07 Å². The summed E-state index contributed by atoms with van der Waals surface area (Å²) < 4.78 is 0. The van der Waals surface area contributed by atoms with Crippen LogP contribution in [0.2, 0.25) is 0 Å². The SMILES string of the molecule is Cc1nc(NC(C)(C)C)cc(C(=O)NC2CCCC2)n1. The van der Waals surface area contributed by atoms with Gasteiger partial charge in [0.2, 0.25) is 0 Å². The van der Waals surface area contributed by atoms with E-state index in [1.807, 2.05) is 0 Å². The number of rotatable bonds is 3. The van der Waals surface area contributed by atoms with Crippen molar-refractivity contribution in [3.8, 4) is 0 Å². The summed E-state index contributed by atoms with van der Waals surface area (Å²) in [5.41, 5.74) is 0.344. The minimum atomic E-state index is -0.0978. The molecule has 1 saturated carbocycles. The van der Waals surface area contributed by atoms with Gasteiger partial charge in [0.15, 0.2) is 0 Å². The second kappa shape index (κ2) is 5.77. The number of hydrogen-bond donors (Lipinski definition) is 2. The fourth-order valence-corrected chi connectivity index (χ4v) is 2.46. The molecule has 1 aliphatic rings. The van der Waals surface area contributed by atoms with Crippen molar-refractivity contribution in [1.82, 2.24) is 15.3 Å². The summed E-state index contributed by atoms with van der Waals surface area (Å²) in [6.45, 7) is 7.98. The number of nitrogens with one attached hydrogen (secondary N) is 2. The third-order valence-electron chi connectivity index (χ3n) is 3.26. The van der Waals surface area contributed by atoms with Crippen molar-refractivity contribution in [3.63, 3.8) is 0 Å². The molecule has 0 aromatic carbocycles. The first-order valence-electron chi connectivity index (χ1n) is 7.28. The maximum absolute atomic E-state index is 12.2. The summed E-state index contributed by atoms with van der Waals surface area (Å²) in [5.74, 6) is 1.21. The Morgan fingerprint density at radius 3 is 2.50 bits per heavy atom. The average Bonchev–Trinajstić information content (AvgIpc) is 2.78. The zero-order valence-corrected chi connectivity index (χ0v) is 12.8. The number of carbonyl (C=O) groups excluding carboxylic acids is 1. The van der Waals surface area contributed by atoms with Crippen molar-refractivity contribution in [3.05, 3.63) is 17.6 Å². The minimum Gasteiger partial charge on any atom is -0.365 e. The molecule has 0 aliphatic heterocycles. The quantitative estimate of drug-likeness (QED) is 0.890. The predicted molar refractivity (Wildman–Crippen MR) is 79.9 cm³/mol. The van der Waals surface area contributed by atoms with E-state index in [2.05, 4.69) is 41.4 Å². The molecule has 1 aliphatic carbocycles. The van der Waals surface area contributed by atoms with Crippen molar-refractivity contribution in [2.45, 2.75) is 65.0 Å². The molecular weight excluding hydrogens is 252 g/mol. The summed E-state index contributed by atoms with van der Waals surface area (Å²) in [6, 6.07) is 2.03. The van der Waals surface area contributed by atoms with Gasteiger partial charge < -0.3 is 10.6 Å². The Hall–Kier alpha value is -1.65. The predicted octanol–water partition coefficient (Wildman–Crippen LogP) is 2.67. The molecule has 5 nitrogen and oxygen atoms in total. The van der Waals surface area contributed by atoms with Gasteiger partial charge >= 0.3 is 0 Å². The smallest absolute Gasteiger partial charge is 0.270 e. The minimum absolute atomic E-state index is 0.0972. The molecule has 0 saturated heterocycles. The molecule has 0 atom stereocenters. The van der Waals surface area contributed by atoms with Crippen LogP contribution >= 0.6 is 0 Å². The van der Waals surface area contributed by atoms with Crippen LogP contribution in [-0.2, 0) is 0 Å². The number of carbonyl (C=O) groups is 1. The molecule has 0 radical (unpaired) electrons. The number of nitrogens with zero attached hydrogens (tertiary/aromatic N) is 2. The first-order valence-corrected chi connectivity index (χ1v) is 7.28. The summed E-state index contributed by atoms with van der Waals surface area (Å²) in [6.07, 6.45) is 4.54. The highest BCUT2D eigenvalue weighted by atomic mass is 16.1. The average molecular weight is 276 g/mol. The Balaban J connectivity index is 2.12. The Morgan fingerprint density at radius 2 is 1.90 bits per heavy atom. The lowest BCUT2D eigenvalue weighted by Crippen LogP contribution is -2.33. The molecule has 1 fully saturated rings. The van der Waals surface area contributed by atoms with Crippen molar-refractivity contribution >= 4 is 11.7 Å². The van der Waals surface area contributed by atoms with Crippen LogP contribution in [0.4, 0.5) is 5.82 Å². The van der Waals surface area contributed by atoms with E-state index in [4.69, 9.17) is 0 Å². The maximum atomic E-state index is 12.2. The highest BCUT2D eigenvalue weighted by Crippen LogP contribution is 2.18. The molecule has 2 rings (SSSR count). The van der Waals surface area contributed by atoms with Crippen molar-refractivity contribution in [1.29, 1.82) is 0 Å². The van der Waals surface area contributed by atoms with Crippen LogP contribution in [-0.4, -0.2) is 27.5 Å². The van der Waals surface area contributed by atoms with Crippen molar-refractivity contribution in [2.75, 3.05) is 5.32 Å². The number of aryl methyl sites for hydroxylation is 1. The van der Waals surface area contributed by atoms with Crippen molar-refractivity contribution in [2.24, 2.45) is 0 Å². The maximum Gasteiger partial charge on any atom is 0.270 e. The molecule has 110 valence electrons. The largest absolute Gasteiger partial charge is 0.365 e. The summed E-state index contributed by atoms with van der Waals surface area (Å²) in [7, 11) is 0. The third kappa shape index (κ3) is 4.18. The van der Waals surface area contributed by atoms with Gasteiger partial charge in [-0.05, 0) is 40.5 Å². The molecule has 20 heavy (non-hydrogen) atoms. The second-order valence-corrected chi connectivity index (χ2v) is 6.52. The van der Waals surface area contributed by atoms with Crippen LogP contribution in [0.25, 0.3) is 0 Å². The molecule has 1 amide bonds. The van der Waals surface area contributed by atoms with E-state index in [0.717, 1.165) is 12.8 Å². The fourth-order valence-electron chi connectivity index (χ4n) is 2.46. The van der Waals surface area contributed by atoms with E-state index in [1.54, 1.807) is 13.0 Å². The van der Waals surface area contributed by atoms with Gasteiger partial charge in [-0.3, -0.25) is 4.79 Å². The van der Waals surface area contributed by atoms with E-state index in [1.165, 1.54) is 12.8 Å². The van der Waals surface area contributed by atoms with Crippen LogP contribution < -0.4 is 10.6 Å². The van der Waals surface area contributed by atoms with Crippen LogP contribution in [0.1, 0.15) is 62.8 Å². The van der Waals surface area contributed by atoms with Gasteiger partial charge in [-0.1, -0.05) is 12.8 Å². The molecule has 0 spiro atoms. The molecule has 5 heteroatoms. The summed E-state index contributed by atoms with van der Waals surface area (Å²) >= 11 is 0. The second-order valence-electron chi connectivity index (χ2n) is 6.52. The molecule has 1 aromatic rings. The van der Waals surface area contributed by atoms with E-state index in [9.17, 15) is 4.79 Å². The molecule has 2 N–H and O–H groups in total. The number of anilines is 1. The topological polar surface area (TPSA) is 66.9 Å². The van der Waals surface area contributed by atoms with E-state index in [-0.39, 0.29) is 11.4 Å². The zero-order valence-electron chi connectivity index (χ0n) is 12.8. The third-order valence-corrected chi connectivity index (χ3v) is 3.26. The lowest BCUT2D eigenvalue weighted by Gasteiger charge is -2.21. The number of hydrogen-bond acceptors (Lipinski definition) is 4. The van der Waals surface area contributed by atoms with Crippen LogP contribution in [0.3, 0.4) is 0 Å². The highest BCUT2D eigenvalue weighted by Gasteiger charge is 2.20.